The van der Waals surface area contributed by atoms with Gasteiger partial charge in [0.2, 0.25) is 15.9 Å². The molecule has 7 nitrogen and oxygen atoms in total. The molecular formula is C23H29N3O4S. The van der Waals surface area contributed by atoms with Gasteiger partial charge in [0, 0.05) is 25.6 Å². The van der Waals surface area contributed by atoms with E-state index in [9.17, 15) is 18.0 Å². The predicted octanol–water partition coefficient (Wildman–Crippen LogP) is 3.01. The first-order chi connectivity index (χ1) is 14.9. The molecule has 2 N–H and O–H groups in total. The molecular weight excluding hydrogens is 414 g/mol. The molecule has 0 bridgehead atoms. The minimum Gasteiger partial charge on any atom is -0.352 e. The van der Waals surface area contributed by atoms with E-state index in [1.54, 1.807) is 36.4 Å². The van der Waals surface area contributed by atoms with Crippen LogP contribution in [0.15, 0.2) is 54.6 Å². The summed E-state index contributed by atoms with van der Waals surface area (Å²) in [6.07, 6.45) is 1.72. The molecule has 0 unspecified atom stereocenters. The number of hydrogen-bond acceptors (Lipinski definition) is 4. The summed E-state index contributed by atoms with van der Waals surface area (Å²) >= 11 is 0. The van der Waals surface area contributed by atoms with Crippen LogP contribution in [0.5, 0.6) is 0 Å². The fourth-order valence-corrected chi connectivity index (χ4v) is 5.19. The Morgan fingerprint density at radius 1 is 1.00 bits per heavy atom. The van der Waals surface area contributed by atoms with Gasteiger partial charge in [0.1, 0.15) is 0 Å². The maximum atomic E-state index is 12.8. The quantitative estimate of drug-likeness (QED) is 0.656. The van der Waals surface area contributed by atoms with Crippen molar-refractivity contribution in [2.75, 3.05) is 25.0 Å². The number of para-hydroxylation sites is 1. The summed E-state index contributed by atoms with van der Waals surface area (Å²) in [6.45, 7) is 3.16. The Hall–Kier alpha value is -2.71. The van der Waals surface area contributed by atoms with Crippen LogP contribution in [0.25, 0.3) is 0 Å². The molecule has 0 saturated carbocycles. The number of nitrogens with zero attached hydrogens (tertiary/aromatic N) is 1. The van der Waals surface area contributed by atoms with Gasteiger partial charge < -0.3 is 10.6 Å². The van der Waals surface area contributed by atoms with Gasteiger partial charge >= 0.3 is 0 Å². The van der Waals surface area contributed by atoms with Crippen molar-refractivity contribution in [1.82, 2.24) is 9.62 Å². The highest BCUT2D eigenvalue weighted by Gasteiger charge is 2.31. The standard InChI is InChI=1S/C23H29N3O4S/c1-2-14-24-23(28)20-10-6-7-11-21(20)25-22(27)19-12-15-26(16-13-19)31(29,30)17-18-8-4-3-5-9-18/h3-11,19H,2,12-17H2,1H3,(H,24,28)(H,25,27). The number of anilines is 1. The Morgan fingerprint density at radius 2 is 1.65 bits per heavy atom. The lowest BCUT2D eigenvalue weighted by Gasteiger charge is -2.30. The topological polar surface area (TPSA) is 95.6 Å². The van der Waals surface area contributed by atoms with E-state index in [1.165, 1.54) is 4.31 Å². The first-order valence-electron chi connectivity index (χ1n) is 10.6. The largest absolute Gasteiger partial charge is 0.352 e. The van der Waals surface area contributed by atoms with Gasteiger partial charge in [-0.15, -0.1) is 0 Å². The van der Waals surface area contributed by atoms with E-state index in [0.29, 0.717) is 43.7 Å². The summed E-state index contributed by atoms with van der Waals surface area (Å²) in [5.74, 6) is -0.740. The lowest BCUT2D eigenvalue weighted by Crippen LogP contribution is -2.42. The highest BCUT2D eigenvalue weighted by Crippen LogP contribution is 2.24. The number of benzene rings is 2. The van der Waals surface area contributed by atoms with Crippen molar-refractivity contribution < 1.29 is 18.0 Å². The van der Waals surface area contributed by atoms with E-state index in [2.05, 4.69) is 10.6 Å². The van der Waals surface area contributed by atoms with E-state index in [-0.39, 0.29) is 23.5 Å². The van der Waals surface area contributed by atoms with E-state index < -0.39 is 10.0 Å². The number of carbonyl (C=O) groups is 2. The first-order valence-corrected chi connectivity index (χ1v) is 12.2. The zero-order valence-corrected chi connectivity index (χ0v) is 18.5. The van der Waals surface area contributed by atoms with Gasteiger partial charge in [-0.3, -0.25) is 9.59 Å². The summed E-state index contributed by atoms with van der Waals surface area (Å²) in [7, 11) is -3.42. The van der Waals surface area contributed by atoms with Crippen LogP contribution < -0.4 is 10.6 Å². The molecule has 166 valence electrons. The van der Waals surface area contributed by atoms with Gasteiger partial charge in [0.15, 0.2) is 0 Å². The molecule has 2 aromatic carbocycles. The highest BCUT2D eigenvalue weighted by atomic mass is 32.2. The maximum Gasteiger partial charge on any atom is 0.253 e. The van der Waals surface area contributed by atoms with Crippen molar-refractivity contribution in [3.05, 3.63) is 65.7 Å². The number of piperidine rings is 1. The van der Waals surface area contributed by atoms with Gasteiger partial charge in [-0.1, -0.05) is 49.4 Å². The molecule has 1 aliphatic rings. The Morgan fingerprint density at radius 3 is 2.32 bits per heavy atom. The molecule has 31 heavy (non-hydrogen) atoms. The van der Waals surface area contributed by atoms with Crippen LogP contribution >= 0.6 is 0 Å². The number of amides is 2. The normalized spacial score (nSPS) is 15.4. The zero-order valence-electron chi connectivity index (χ0n) is 17.7. The Bertz CT molecular complexity index is 1000. The summed E-state index contributed by atoms with van der Waals surface area (Å²) in [5, 5.41) is 5.68. The third kappa shape index (κ3) is 6.15. The van der Waals surface area contributed by atoms with Crippen LogP contribution in [0, 0.1) is 5.92 Å². The van der Waals surface area contributed by atoms with Crippen LogP contribution in [0.1, 0.15) is 42.1 Å². The molecule has 0 spiro atoms. The van der Waals surface area contributed by atoms with E-state index in [0.717, 1.165) is 12.0 Å². The second kappa shape index (κ2) is 10.5. The second-order valence-corrected chi connectivity index (χ2v) is 9.67. The van der Waals surface area contributed by atoms with Crippen LogP contribution in [0.3, 0.4) is 0 Å². The molecule has 1 fully saturated rings. The minimum absolute atomic E-state index is 0.0368. The molecule has 1 saturated heterocycles. The van der Waals surface area contributed by atoms with Gasteiger partial charge in [0.25, 0.3) is 5.91 Å². The Kier molecular flexibility index (Phi) is 7.81. The van der Waals surface area contributed by atoms with Gasteiger partial charge in [-0.05, 0) is 37.0 Å². The average Bonchev–Trinajstić information content (AvgIpc) is 2.78. The number of rotatable bonds is 8. The summed E-state index contributed by atoms with van der Waals surface area (Å²) in [4.78, 5) is 25.1. The first kappa shape index (κ1) is 23.0. The Labute approximate surface area is 183 Å². The second-order valence-electron chi connectivity index (χ2n) is 7.71. The molecule has 0 radical (unpaired) electrons. The van der Waals surface area contributed by atoms with Crippen molar-refractivity contribution in [2.45, 2.75) is 31.9 Å². The predicted molar refractivity (Wildman–Crippen MR) is 121 cm³/mol. The lowest BCUT2D eigenvalue weighted by atomic mass is 9.97. The van der Waals surface area contributed by atoms with E-state index in [4.69, 9.17) is 0 Å². The molecule has 0 aliphatic carbocycles. The fourth-order valence-electron chi connectivity index (χ4n) is 3.63. The number of hydrogen-bond donors (Lipinski definition) is 2. The highest BCUT2D eigenvalue weighted by molar-refractivity contribution is 7.88. The third-order valence-corrected chi connectivity index (χ3v) is 7.23. The average molecular weight is 444 g/mol. The summed E-state index contributed by atoms with van der Waals surface area (Å²) in [5.41, 5.74) is 1.65. The molecule has 3 rings (SSSR count). The van der Waals surface area contributed by atoms with Gasteiger partial charge in [-0.2, -0.15) is 0 Å². The van der Waals surface area contributed by atoms with E-state index in [1.807, 2.05) is 25.1 Å². The molecule has 0 aromatic heterocycles. The van der Waals surface area contributed by atoms with Crippen molar-refractivity contribution >= 4 is 27.5 Å². The van der Waals surface area contributed by atoms with Crippen LogP contribution in [0.4, 0.5) is 5.69 Å². The van der Waals surface area contributed by atoms with Crippen molar-refractivity contribution in [1.29, 1.82) is 0 Å². The zero-order chi connectivity index (χ0) is 22.3. The van der Waals surface area contributed by atoms with Crippen LogP contribution in [-0.2, 0) is 20.6 Å². The number of nitrogens with one attached hydrogen (secondary N) is 2. The van der Waals surface area contributed by atoms with Crippen LogP contribution in [0.2, 0.25) is 0 Å². The van der Waals surface area contributed by atoms with Crippen molar-refractivity contribution in [3.63, 3.8) is 0 Å². The van der Waals surface area contributed by atoms with Crippen molar-refractivity contribution in [3.8, 4) is 0 Å². The number of sulfonamides is 1. The third-order valence-electron chi connectivity index (χ3n) is 5.38. The monoisotopic (exact) mass is 443 g/mol. The smallest absolute Gasteiger partial charge is 0.253 e. The molecule has 0 atom stereocenters. The van der Waals surface area contributed by atoms with Gasteiger partial charge in [0.05, 0.1) is 17.0 Å². The minimum atomic E-state index is -3.42. The lowest BCUT2D eigenvalue weighted by molar-refractivity contribution is -0.120. The molecule has 8 heteroatoms. The Balaban J connectivity index is 1.58. The summed E-state index contributed by atoms with van der Waals surface area (Å²) in [6, 6.07) is 16.0. The van der Waals surface area contributed by atoms with E-state index >= 15 is 0 Å². The molecule has 2 amide bonds. The summed E-state index contributed by atoms with van der Waals surface area (Å²) < 4.78 is 26.9. The number of carbonyl (C=O) groups excluding carboxylic acids is 2. The van der Waals surface area contributed by atoms with Gasteiger partial charge in [-0.25, -0.2) is 12.7 Å². The van der Waals surface area contributed by atoms with Crippen LogP contribution in [-0.4, -0.2) is 44.2 Å². The van der Waals surface area contributed by atoms with Crippen molar-refractivity contribution in [2.24, 2.45) is 5.92 Å². The SMILES string of the molecule is CCCNC(=O)c1ccccc1NC(=O)C1CCN(S(=O)(=O)Cc2ccccc2)CC1. The molecule has 1 aliphatic heterocycles. The molecule has 2 aromatic rings. The maximum absolute atomic E-state index is 12.8. The molecule has 1 heterocycles. The fraction of sp³-hybridized carbons (Fsp3) is 0.391.